The molecule has 0 spiro atoms. The van der Waals surface area contributed by atoms with E-state index in [2.05, 4.69) is 34.7 Å². The molecule has 0 aromatic heterocycles. The highest BCUT2D eigenvalue weighted by atomic mass is 79.9. The number of unbranched alkanes of at least 4 members (excludes halogenated alkanes) is 1. The van der Waals surface area contributed by atoms with Crippen LogP contribution in [0.15, 0.2) is 10.5 Å². The molecule has 0 amide bonds. The van der Waals surface area contributed by atoms with Crippen LogP contribution in [-0.4, -0.2) is 34.2 Å². The Morgan fingerprint density at radius 1 is 1.24 bits per heavy atom. The van der Waals surface area contributed by atoms with Gasteiger partial charge in [-0.25, -0.2) is 0 Å². The maximum atomic E-state index is 9.92. The van der Waals surface area contributed by atoms with Crippen molar-refractivity contribution in [2.75, 3.05) is 13.1 Å². The Kier molecular flexibility index (Phi) is 5.94. The number of rotatable bonds is 6. The second-order valence-corrected chi connectivity index (χ2v) is 6.78. The van der Waals surface area contributed by atoms with Crippen LogP contribution in [0.4, 0.5) is 0 Å². The number of hydrogen-bond donors (Lipinski definition) is 2. The highest BCUT2D eigenvalue weighted by Crippen LogP contribution is 2.41. The van der Waals surface area contributed by atoms with Crippen molar-refractivity contribution in [3.05, 3.63) is 21.7 Å². The number of benzene rings is 1. The smallest absolute Gasteiger partial charge is 0.172 e. The Labute approximate surface area is 136 Å². The summed E-state index contributed by atoms with van der Waals surface area (Å²) in [6.07, 6.45) is 6.70. The highest BCUT2D eigenvalue weighted by molar-refractivity contribution is 9.10. The van der Waals surface area contributed by atoms with Gasteiger partial charge >= 0.3 is 0 Å². The van der Waals surface area contributed by atoms with Gasteiger partial charge in [0.2, 0.25) is 0 Å². The van der Waals surface area contributed by atoms with Gasteiger partial charge in [-0.15, -0.1) is 0 Å². The number of halogens is 1. The fourth-order valence-corrected chi connectivity index (χ4v) is 3.88. The van der Waals surface area contributed by atoms with Gasteiger partial charge in [-0.2, -0.15) is 0 Å². The molecule has 0 fully saturated rings. The first-order chi connectivity index (χ1) is 10.1. The van der Waals surface area contributed by atoms with Gasteiger partial charge in [0.05, 0.1) is 4.47 Å². The van der Waals surface area contributed by atoms with E-state index >= 15 is 0 Å². The lowest BCUT2D eigenvalue weighted by Gasteiger charge is -2.35. The molecule has 118 valence electrons. The number of phenols is 2. The quantitative estimate of drug-likeness (QED) is 0.750. The molecular formula is C17H26BrNO2. The molecule has 21 heavy (non-hydrogen) atoms. The molecule has 0 aliphatic heterocycles. The largest absolute Gasteiger partial charge is 0.504 e. The van der Waals surface area contributed by atoms with E-state index < -0.39 is 0 Å². The fourth-order valence-electron chi connectivity index (χ4n) is 3.26. The lowest BCUT2D eigenvalue weighted by molar-refractivity contribution is 0.177. The minimum absolute atomic E-state index is 0.0181. The number of aromatic hydroxyl groups is 2. The summed E-state index contributed by atoms with van der Waals surface area (Å²) in [4.78, 5) is 2.60. The van der Waals surface area contributed by atoms with Crippen LogP contribution in [0.2, 0.25) is 0 Å². The molecule has 1 aliphatic carbocycles. The molecule has 3 nitrogen and oxygen atoms in total. The molecule has 2 rings (SSSR count). The minimum atomic E-state index is -0.0231. The van der Waals surface area contributed by atoms with Gasteiger partial charge in [-0.1, -0.05) is 20.3 Å². The lowest BCUT2D eigenvalue weighted by atomic mass is 9.86. The number of aryl methyl sites for hydroxylation is 1. The number of hydrogen-bond acceptors (Lipinski definition) is 3. The highest BCUT2D eigenvalue weighted by Gasteiger charge is 2.27. The lowest BCUT2D eigenvalue weighted by Crippen LogP contribution is -2.40. The Morgan fingerprint density at radius 3 is 2.67 bits per heavy atom. The Hall–Kier alpha value is -0.740. The number of nitrogens with zero attached hydrogens (tertiary/aromatic N) is 1. The summed E-state index contributed by atoms with van der Waals surface area (Å²) in [6.45, 7) is 6.76. The third-order valence-corrected chi connectivity index (χ3v) is 5.28. The van der Waals surface area contributed by atoms with E-state index in [9.17, 15) is 10.2 Å². The Bertz CT molecular complexity index is 490. The van der Waals surface area contributed by atoms with Crippen LogP contribution in [0.25, 0.3) is 0 Å². The molecule has 1 unspecified atom stereocenters. The van der Waals surface area contributed by atoms with Crippen molar-refractivity contribution in [2.45, 2.75) is 58.4 Å². The third-order valence-electron chi connectivity index (χ3n) is 4.43. The van der Waals surface area contributed by atoms with Gasteiger partial charge in [0, 0.05) is 6.04 Å². The van der Waals surface area contributed by atoms with Crippen LogP contribution in [0.5, 0.6) is 11.5 Å². The molecule has 2 N–H and O–H groups in total. The third kappa shape index (κ3) is 3.72. The molecule has 1 aromatic rings. The van der Waals surface area contributed by atoms with Crippen molar-refractivity contribution in [3.63, 3.8) is 0 Å². The van der Waals surface area contributed by atoms with Crippen LogP contribution in [0, 0.1) is 0 Å². The van der Waals surface area contributed by atoms with E-state index in [-0.39, 0.29) is 11.5 Å². The summed E-state index contributed by atoms with van der Waals surface area (Å²) in [5.74, 6) is -0.0412. The summed E-state index contributed by atoms with van der Waals surface area (Å²) >= 11 is 3.46. The molecule has 0 bridgehead atoms. The predicted molar refractivity (Wildman–Crippen MR) is 90.1 cm³/mol. The van der Waals surface area contributed by atoms with Crippen LogP contribution in [-0.2, 0) is 12.8 Å². The molecule has 0 radical (unpaired) electrons. The molecule has 1 atom stereocenters. The minimum Gasteiger partial charge on any atom is -0.504 e. The van der Waals surface area contributed by atoms with Crippen LogP contribution in [0.3, 0.4) is 0 Å². The van der Waals surface area contributed by atoms with Crippen molar-refractivity contribution in [3.8, 4) is 11.5 Å². The number of fused-ring (bicyclic) bond motifs is 1. The summed E-state index contributed by atoms with van der Waals surface area (Å²) in [6, 6.07) is 2.27. The number of phenolic OH excluding ortho intramolecular Hbond substituents is 2. The van der Waals surface area contributed by atoms with Gasteiger partial charge in [0.15, 0.2) is 11.5 Å². The Balaban J connectivity index is 2.18. The van der Waals surface area contributed by atoms with E-state index in [0.29, 0.717) is 10.5 Å². The van der Waals surface area contributed by atoms with E-state index in [0.717, 1.165) is 32.4 Å². The molecule has 4 heteroatoms. The van der Waals surface area contributed by atoms with Crippen molar-refractivity contribution < 1.29 is 10.2 Å². The van der Waals surface area contributed by atoms with Gasteiger partial charge in [0.1, 0.15) is 0 Å². The summed E-state index contributed by atoms with van der Waals surface area (Å²) in [7, 11) is 0. The summed E-state index contributed by atoms with van der Waals surface area (Å²) in [5.41, 5.74) is 2.33. The summed E-state index contributed by atoms with van der Waals surface area (Å²) < 4.78 is 0.675. The van der Waals surface area contributed by atoms with E-state index in [1.165, 1.54) is 30.4 Å². The monoisotopic (exact) mass is 355 g/mol. The fraction of sp³-hybridized carbons (Fsp3) is 0.647. The average molecular weight is 356 g/mol. The predicted octanol–water partition coefficient (Wildman–Crippen LogP) is 4.23. The zero-order valence-corrected chi connectivity index (χ0v) is 14.6. The summed E-state index contributed by atoms with van der Waals surface area (Å²) in [5, 5.41) is 19.7. The van der Waals surface area contributed by atoms with Crippen LogP contribution in [0.1, 0.15) is 50.7 Å². The molecule has 1 aromatic carbocycles. The molecule has 0 saturated heterocycles. The van der Waals surface area contributed by atoms with Gasteiger partial charge in [0.25, 0.3) is 0 Å². The van der Waals surface area contributed by atoms with Gasteiger partial charge in [-0.05, 0) is 78.3 Å². The zero-order valence-electron chi connectivity index (χ0n) is 13.0. The average Bonchev–Trinajstić information content (AvgIpc) is 2.49. The topological polar surface area (TPSA) is 43.7 Å². The molecule has 1 aliphatic rings. The molecular weight excluding hydrogens is 330 g/mol. The zero-order chi connectivity index (χ0) is 15.4. The SMILES string of the molecule is CCCCN(CCC)C1CCc2cc(O)c(O)c(Br)c2C1. The van der Waals surface area contributed by atoms with Gasteiger partial charge < -0.3 is 15.1 Å². The first kappa shape index (κ1) is 16.6. The van der Waals surface area contributed by atoms with Crippen molar-refractivity contribution >= 4 is 15.9 Å². The van der Waals surface area contributed by atoms with Crippen molar-refractivity contribution in [2.24, 2.45) is 0 Å². The molecule has 0 heterocycles. The van der Waals surface area contributed by atoms with E-state index in [4.69, 9.17) is 0 Å². The van der Waals surface area contributed by atoms with Crippen molar-refractivity contribution in [1.29, 1.82) is 0 Å². The van der Waals surface area contributed by atoms with E-state index in [1.807, 2.05) is 0 Å². The normalized spacial score (nSPS) is 18.0. The second-order valence-electron chi connectivity index (χ2n) is 5.98. The van der Waals surface area contributed by atoms with Crippen LogP contribution >= 0.6 is 15.9 Å². The van der Waals surface area contributed by atoms with Crippen molar-refractivity contribution in [1.82, 2.24) is 4.90 Å². The maximum Gasteiger partial charge on any atom is 0.172 e. The maximum absolute atomic E-state index is 9.92. The Morgan fingerprint density at radius 2 is 2.00 bits per heavy atom. The standard InChI is InChI=1S/C17H26BrNO2/c1-3-5-9-19(8-4-2)13-7-6-12-10-15(20)17(21)16(18)14(12)11-13/h10,13,20-21H,3-9,11H2,1-2H3. The van der Waals surface area contributed by atoms with E-state index in [1.54, 1.807) is 6.07 Å². The molecule has 0 saturated carbocycles. The second kappa shape index (κ2) is 7.50. The van der Waals surface area contributed by atoms with Crippen LogP contribution < -0.4 is 0 Å². The van der Waals surface area contributed by atoms with Gasteiger partial charge in [-0.3, -0.25) is 0 Å². The first-order valence-corrected chi connectivity index (χ1v) is 8.84. The first-order valence-electron chi connectivity index (χ1n) is 8.04.